The van der Waals surface area contributed by atoms with Gasteiger partial charge in [0, 0.05) is 25.2 Å². The topological polar surface area (TPSA) is 75.8 Å². The van der Waals surface area contributed by atoms with Crippen molar-refractivity contribution >= 4 is 14.2 Å². The van der Waals surface area contributed by atoms with Crippen molar-refractivity contribution < 1.29 is 14.3 Å². The second-order valence-corrected chi connectivity index (χ2v) is 12.1. The number of hydrogen-bond acceptors (Lipinski definition) is 4. The molecule has 28 heavy (non-hydrogen) atoms. The fraction of sp³-hybridized carbons (Fsp3) is 0.409. The minimum Gasteiger partial charge on any atom is -0.494 e. The Labute approximate surface area is 168 Å². The molecular weight excluding hydrogens is 368 g/mol. The van der Waals surface area contributed by atoms with Crippen LogP contribution in [-0.2, 0) is 6.54 Å². The number of amides is 1. The van der Waals surface area contributed by atoms with Crippen molar-refractivity contribution in [1.82, 2.24) is 4.90 Å². The Morgan fingerprint density at radius 1 is 1.18 bits per heavy atom. The van der Waals surface area contributed by atoms with Crippen LogP contribution in [0.1, 0.15) is 40.2 Å². The third-order valence-corrected chi connectivity index (χ3v) is 5.98. The molecule has 1 aliphatic rings. The van der Waals surface area contributed by atoms with Crippen molar-refractivity contribution in [2.75, 3.05) is 19.3 Å². The highest BCUT2D eigenvalue weighted by atomic mass is 28.4. The number of nitrogens with two attached hydrogens (primary N) is 1. The van der Waals surface area contributed by atoms with Gasteiger partial charge in [0.05, 0.1) is 0 Å². The van der Waals surface area contributed by atoms with E-state index in [0.717, 1.165) is 31.5 Å². The zero-order valence-electron chi connectivity index (χ0n) is 16.7. The van der Waals surface area contributed by atoms with E-state index in [-0.39, 0.29) is 5.91 Å². The van der Waals surface area contributed by atoms with Gasteiger partial charge in [0.1, 0.15) is 12.0 Å². The van der Waals surface area contributed by atoms with Crippen molar-refractivity contribution in [3.05, 3.63) is 65.2 Å². The SMILES string of the molecule is C[Si](C)(O)COc1ccc(C(=O)N2CCC(c3cccc(CN)c3)CC2)cc1. The standard InChI is InChI=1S/C22H30N2O3Si/c1-28(2,26)16-27-21-8-6-19(7-9-21)22(25)24-12-10-18(11-13-24)20-5-3-4-17(14-20)15-23/h3-9,14,18,26H,10-13,15-16,23H2,1-2H3. The van der Waals surface area contributed by atoms with Gasteiger partial charge in [0.15, 0.2) is 0 Å². The number of carbonyl (C=O) groups excluding carboxylic acids is 1. The maximum atomic E-state index is 12.8. The molecule has 2 aromatic rings. The minimum atomic E-state index is -2.25. The molecule has 6 heteroatoms. The molecule has 3 N–H and O–H groups in total. The van der Waals surface area contributed by atoms with Gasteiger partial charge >= 0.3 is 0 Å². The highest BCUT2D eigenvalue weighted by Crippen LogP contribution is 2.29. The van der Waals surface area contributed by atoms with Gasteiger partial charge in [-0.3, -0.25) is 4.79 Å². The summed E-state index contributed by atoms with van der Waals surface area (Å²) >= 11 is 0. The summed E-state index contributed by atoms with van der Waals surface area (Å²) in [6, 6.07) is 15.7. The van der Waals surface area contributed by atoms with Crippen LogP contribution in [0.4, 0.5) is 0 Å². The molecule has 0 saturated carbocycles. The molecule has 2 aromatic carbocycles. The van der Waals surface area contributed by atoms with Gasteiger partial charge in [-0.15, -0.1) is 0 Å². The Kier molecular flexibility index (Phi) is 6.54. The highest BCUT2D eigenvalue weighted by Gasteiger charge is 2.25. The molecule has 1 aliphatic heterocycles. The number of nitrogens with zero attached hydrogens (tertiary/aromatic N) is 1. The summed E-state index contributed by atoms with van der Waals surface area (Å²) in [7, 11) is -2.25. The lowest BCUT2D eigenvalue weighted by molar-refractivity contribution is 0.0713. The van der Waals surface area contributed by atoms with Crippen LogP contribution < -0.4 is 10.5 Å². The third-order valence-electron chi connectivity index (χ3n) is 5.13. The first-order valence-electron chi connectivity index (χ1n) is 9.89. The van der Waals surface area contributed by atoms with Crippen molar-refractivity contribution in [2.24, 2.45) is 5.73 Å². The maximum absolute atomic E-state index is 12.8. The van der Waals surface area contributed by atoms with Crippen LogP contribution in [0.25, 0.3) is 0 Å². The second kappa shape index (κ2) is 8.90. The molecule has 0 aliphatic carbocycles. The summed E-state index contributed by atoms with van der Waals surface area (Å²) in [6.45, 7) is 5.75. The number of benzene rings is 2. The van der Waals surface area contributed by atoms with Crippen LogP contribution in [-0.4, -0.2) is 43.2 Å². The van der Waals surface area contributed by atoms with E-state index in [0.29, 0.717) is 30.0 Å². The van der Waals surface area contributed by atoms with Gasteiger partial charge in [0.25, 0.3) is 5.91 Å². The van der Waals surface area contributed by atoms with E-state index in [1.54, 1.807) is 24.3 Å². The Balaban J connectivity index is 1.56. The predicted octanol–water partition coefficient (Wildman–Crippen LogP) is 3.28. The summed E-state index contributed by atoms with van der Waals surface area (Å²) < 4.78 is 5.61. The summed E-state index contributed by atoms with van der Waals surface area (Å²) in [6.07, 6.45) is 2.29. The summed E-state index contributed by atoms with van der Waals surface area (Å²) in [5, 5.41) is 0. The van der Waals surface area contributed by atoms with Gasteiger partial charge in [-0.2, -0.15) is 0 Å². The smallest absolute Gasteiger partial charge is 0.253 e. The zero-order chi connectivity index (χ0) is 20.1. The fourth-order valence-electron chi connectivity index (χ4n) is 3.53. The Bertz CT molecular complexity index is 794. The van der Waals surface area contributed by atoms with E-state index < -0.39 is 8.32 Å². The lowest BCUT2D eigenvalue weighted by Gasteiger charge is -2.32. The largest absolute Gasteiger partial charge is 0.494 e. The van der Waals surface area contributed by atoms with Crippen molar-refractivity contribution in [1.29, 1.82) is 0 Å². The van der Waals surface area contributed by atoms with Crippen LogP contribution >= 0.6 is 0 Å². The van der Waals surface area contributed by atoms with Gasteiger partial charge in [-0.1, -0.05) is 24.3 Å². The first kappa shape index (κ1) is 20.6. The molecule has 5 nitrogen and oxygen atoms in total. The maximum Gasteiger partial charge on any atom is 0.253 e. The molecule has 1 fully saturated rings. The minimum absolute atomic E-state index is 0.0672. The average Bonchev–Trinajstić information content (AvgIpc) is 2.72. The van der Waals surface area contributed by atoms with Crippen molar-refractivity contribution in [3.8, 4) is 5.75 Å². The Morgan fingerprint density at radius 2 is 1.86 bits per heavy atom. The number of likely N-dealkylation sites (tertiary alicyclic amines) is 1. The van der Waals surface area contributed by atoms with Gasteiger partial charge in [-0.05, 0) is 67.2 Å². The molecule has 0 atom stereocenters. The first-order valence-corrected chi connectivity index (χ1v) is 13.0. The Morgan fingerprint density at radius 3 is 2.46 bits per heavy atom. The molecule has 0 aromatic heterocycles. The Hall–Kier alpha value is -2.15. The predicted molar refractivity (Wildman–Crippen MR) is 114 cm³/mol. The van der Waals surface area contributed by atoms with E-state index >= 15 is 0 Å². The number of ether oxygens (including phenoxy) is 1. The van der Waals surface area contributed by atoms with Gasteiger partial charge in [-0.25, -0.2) is 0 Å². The van der Waals surface area contributed by atoms with E-state index in [2.05, 4.69) is 24.3 Å². The lowest BCUT2D eigenvalue weighted by Crippen LogP contribution is -2.38. The molecular formula is C22H30N2O3Si. The fourth-order valence-corrected chi connectivity index (χ4v) is 4.05. The molecule has 1 heterocycles. The molecule has 0 radical (unpaired) electrons. The summed E-state index contributed by atoms with van der Waals surface area (Å²) in [5.74, 6) is 1.24. The average molecular weight is 399 g/mol. The van der Waals surface area contributed by atoms with Gasteiger partial charge < -0.3 is 20.2 Å². The number of hydrogen-bond donors (Lipinski definition) is 2. The van der Waals surface area contributed by atoms with Crippen LogP contribution in [0, 0.1) is 0 Å². The van der Waals surface area contributed by atoms with Crippen LogP contribution in [0.3, 0.4) is 0 Å². The zero-order valence-corrected chi connectivity index (χ0v) is 17.7. The third kappa shape index (κ3) is 5.44. The number of piperidine rings is 1. The van der Waals surface area contributed by atoms with Crippen LogP contribution in [0.5, 0.6) is 5.75 Å². The molecule has 1 saturated heterocycles. The van der Waals surface area contributed by atoms with E-state index in [9.17, 15) is 9.59 Å². The molecule has 0 unspecified atom stereocenters. The van der Waals surface area contributed by atoms with Crippen LogP contribution in [0.15, 0.2) is 48.5 Å². The highest BCUT2D eigenvalue weighted by molar-refractivity contribution is 6.69. The molecule has 3 rings (SSSR count). The van der Waals surface area contributed by atoms with Crippen molar-refractivity contribution in [3.63, 3.8) is 0 Å². The van der Waals surface area contributed by atoms with Crippen molar-refractivity contribution in [2.45, 2.75) is 38.4 Å². The summed E-state index contributed by atoms with van der Waals surface area (Å²) in [4.78, 5) is 24.6. The summed E-state index contributed by atoms with van der Waals surface area (Å²) in [5.41, 5.74) is 8.91. The second-order valence-electron chi connectivity index (χ2n) is 8.14. The monoisotopic (exact) mass is 398 g/mol. The quantitative estimate of drug-likeness (QED) is 0.732. The van der Waals surface area contributed by atoms with E-state index in [1.807, 2.05) is 18.0 Å². The number of rotatable bonds is 6. The first-order chi connectivity index (χ1) is 13.4. The van der Waals surface area contributed by atoms with E-state index in [4.69, 9.17) is 10.5 Å². The molecule has 150 valence electrons. The normalized spacial score (nSPS) is 15.5. The van der Waals surface area contributed by atoms with E-state index in [1.165, 1.54) is 5.56 Å². The lowest BCUT2D eigenvalue weighted by atomic mass is 9.88. The molecule has 1 amide bonds. The molecule has 0 spiro atoms. The van der Waals surface area contributed by atoms with Gasteiger partial charge in [0.2, 0.25) is 8.32 Å². The molecule has 0 bridgehead atoms. The number of carbonyl (C=O) groups is 1. The van der Waals surface area contributed by atoms with Crippen LogP contribution in [0.2, 0.25) is 13.1 Å².